The molecule has 1 heterocycles. The molecule has 1 aliphatic rings. The first kappa shape index (κ1) is 16.9. The lowest BCUT2D eigenvalue weighted by Gasteiger charge is -2.41. The van der Waals surface area contributed by atoms with Crippen LogP contribution in [0.3, 0.4) is 0 Å². The van der Waals surface area contributed by atoms with E-state index in [9.17, 15) is 0 Å². The van der Waals surface area contributed by atoms with Crippen LogP contribution < -0.4 is 5.32 Å². The molecule has 0 spiro atoms. The third-order valence-corrected chi connectivity index (χ3v) is 4.66. The van der Waals surface area contributed by atoms with Gasteiger partial charge in [0.15, 0.2) is 0 Å². The van der Waals surface area contributed by atoms with Gasteiger partial charge in [-0.25, -0.2) is 0 Å². The zero-order valence-electron chi connectivity index (χ0n) is 13.9. The van der Waals surface area contributed by atoms with E-state index in [-0.39, 0.29) is 0 Å². The quantitative estimate of drug-likeness (QED) is 0.765. The lowest BCUT2D eigenvalue weighted by Crippen LogP contribution is -2.50. The Bertz CT molecular complexity index is 242. The summed E-state index contributed by atoms with van der Waals surface area (Å²) >= 11 is 0. The molecule has 0 amide bonds. The van der Waals surface area contributed by atoms with E-state index in [1.54, 1.807) is 0 Å². The Morgan fingerprint density at radius 3 is 2.47 bits per heavy atom. The van der Waals surface area contributed by atoms with Gasteiger partial charge in [0.25, 0.3) is 0 Å². The van der Waals surface area contributed by atoms with Crippen LogP contribution in [0.1, 0.15) is 40.5 Å². The van der Waals surface area contributed by atoms with Gasteiger partial charge in [-0.05, 0) is 65.3 Å². The van der Waals surface area contributed by atoms with E-state index < -0.39 is 0 Å². The molecule has 114 valence electrons. The Morgan fingerprint density at radius 1 is 1.21 bits per heavy atom. The van der Waals surface area contributed by atoms with Crippen molar-refractivity contribution in [3.05, 3.63) is 0 Å². The lowest BCUT2D eigenvalue weighted by molar-refractivity contribution is 0.0827. The highest BCUT2D eigenvalue weighted by Gasteiger charge is 2.26. The summed E-state index contributed by atoms with van der Waals surface area (Å²) in [6.45, 7) is 14.1. The average Bonchev–Trinajstić information content (AvgIpc) is 2.36. The van der Waals surface area contributed by atoms with Crippen LogP contribution in [-0.4, -0.2) is 62.2 Å². The number of hydrogen-bond donors (Lipinski definition) is 1. The molecule has 1 N–H and O–H groups in total. The van der Waals surface area contributed by atoms with Crippen molar-refractivity contribution >= 4 is 0 Å². The average molecular weight is 269 g/mol. The van der Waals surface area contributed by atoms with Gasteiger partial charge < -0.3 is 10.2 Å². The fraction of sp³-hybridized carbons (Fsp3) is 1.00. The summed E-state index contributed by atoms with van der Waals surface area (Å²) < 4.78 is 0. The molecule has 0 saturated carbocycles. The van der Waals surface area contributed by atoms with E-state index in [0.29, 0.717) is 12.0 Å². The van der Waals surface area contributed by atoms with Crippen molar-refractivity contribution in [3.8, 4) is 0 Å². The minimum atomic E-state index is 0.649. The van der Waals surface area contributed by atoms with E-state index in [1.807, 2.05) is 0 Å². The van der Waals surface area contributed by atoms with Crippen LogP contribution in [0.2, 0.25) is 0 Å². The number of piperidine rings is 1. The third-order valence-electron chi connectivity index (χ3n) is 4.66. The zero-order chi connectivity index (χ0) is 14.4. The first-order valence-corrected chi connectivity index (χ1v) is 8.03. The molecule has 0 radical (unpaired) electrons. The van der Waals surface area contributed by atoms with E-state index >= 15 is 0 Å². The van der Waals surface area contributed by atoms with Gasteiger partial charge in [0.1, 0.15) is 0 Å². The zero-order valence-corrected chi connectivity index (χ0v) is 13.9. The molecule has 0 bridgehead atoms. The van der Waals surface area contributed by atoms with Crippen molar-refractivity contribution in [3.63, 3.8) is 0 Å². The van der Waals surface area contributed by atoms with Crippen LogP contribution in [0.4, 0.5) is 0 Å². The first-order valence-electron chi connectivity index (χ1n) is 8.03. The number of rotatable bonds is 7. The Kier molecular flexibility index (Phi) is 7.33. The Balaban J connectivity index is 2.35. The van der Waals surface area contributed by atoms with Crippen LogP contribution >= 0.6 is 0 Å². The molecule has 1 saturated heterocycles. The van der Waals surface area contributed by atoms with Crippen LogP contribution in [0.25, 0.3) is 0 Å². The Hall–Kier alpha value is -0.120. The molecule has 3 heteroatoms. The number of hydrogen-bond acceptors (Lipinski definition) is 3. The maximum absolute atomic E-state index is 3.59. The number of likely N-dealkylation sites (N-methyl/N-ethyl adjacent to an activating group) is 2. The van der Waals surface area contributed by atoms with Crippen LogP contribution in [0.15, 0.2) is 0 Å². The molecule has 3 atom stereocenters. The normalized spacial score (nSPS) is 24.9. The molecule has 0 aromatic carbocycles. The molecular formula is C16H35N3. The highest BCUT2D eigenvalue weighted by Crippen LogP contribution is 2.19. The van der Waals surface area contributed by atoms with E-state index in [1.165, 1.54) is 25.9 Å². The molecule has 1 aliphatic heterocycles. The maximum Gasteiger partial charge on any atom is 0.0223 e. The fourth-order valence-corrected chi connectivity index (χ4v) is 2.98. The fourth-order valence-electron chi connectivity index (χ4n) is 2.98. The van der Waals surface area contributed by atoms with Crippen LogP contribution in [-0.2, 0) is 0 Å². The van der Waals surface area contributed by atoms with E-state index in [4.69, 9.17) is 0 Å². The van der Waals surface area contributed by atoms with Gasteiger partial charge in [-0.3, -0.25) is 4.90 Å². The van der Waals surface area contributed by atoms with Crippen molar-refractivity contribution in [2.45, 2.75) is 52.6 Å². The summed E-state index contributed by atoms with van der Waals surface area (Å²) in [7, 11) is 4.56. The highest BCUT2D eigenvalue weighted by atomic mass is 15.2. The molecule has 19 heavy (non-hydrogen) atoms. The predicted molar refractivity (Wildman–Crippen MR) is 84.6 cm³/mol. The van der Waals surface area contributed by atoms with Gasteiger partial charge in [0.2, 0.25) is 0 Å². The minimum Gasteiger partial charge on any atom is -0.316 e. The molecule has 1 rings (SSSR count). The second-order valence-corrected chi connectivity index (χ2v) is 6.99. The monoisotopic (exact) mass is 269 g/mol. The molecule has 3 nitrogen and oxygen atoms in total. The van der Waals surface area contributed by atoms with E-state index in [0.717, 1.165) is 25.0 Å². The van der Waals surface area contributed by atoms with Gasteiger partial charge in [-0.1, -0.05) is 20.8 Å². The Labute approximate surface area is 120 Å². The second kappa shape index (κ2) is 8.23. The molecule has 0 aromatic rings. The maximum atomic E-state index is 3.59. The van der Waals surface area contributed by atoms with Crippen LogP contribution in [0, 0.1) is 11.8 Å². The van der Waals surface area contributed by atoms with Gasteiger partial charge >= 0.3 is 0 Å². The SMILES string of the molecule is CC(C)CNCC(C)C(C)N(C)C1CCCN(C)C1. The van der Waals surface area contributed by atoms with Crippen molar-refractivity contribution in [1.82, 2.24) is 15.1 Å². The summed E-state index contributed by atoms with van der Waals surface area (Å²) in [6, 6.07) is 1.39. The highest BCUT2D eigenvalue weighted by molar-refractivity contribution is 4.83. The molecule has 1 fully saturated rings. The van der Waals surface area contributed by atoms with Crippen LogP contribution in [0.5, 0.6) is 0 Å². The molecular weight excluding hydrogens is 234 g/mol. The summed E-state index contributed by atoms with van der Waals surface area (Å²) in [4.78, 5) is 5.08. The van der Waals surface area contributed by atoms with E-state index in [2.05, 4.69) is 56.9 Å². The summed E-state index contributed by atoms with van der Waals surface area (Å²) in [5.74, 6) is 1.45. The van der Waals surface area contributed by atoms with Crippen molar-refractivity contribution in [2.75, 3.05) is 40.3 Å². The first-order chi connectivity index (χ1) is 8.91. The number of nitrogens with zero attached hydrogens (tertiary/aromatic N) is 2. The molecule has 0 aromatic heterocycles. The minimum absolute atomic E-state index is 0.649. The number of likely N-dealkylation sites (tertiary alicyclic amines) is 1. The van der Waals surface area contributed by atoms with Crippen molar-refractivity contribution in [1.29, 1.82) is 0 Å². The molecule has 3 unspecified atom stereocenters. The van der Waals surface area contributed by atoms with Gasteiger partial charge in [0.05, 0.1) is 0 Å². The van der Waals surface area contributed by atoms with Gasteiger partial charge in [-0.15, -0.1) is 0 Å². The van der Waals surface area contributed by atoms with Crippen molar-refractivity contribution < 1.29 is 0 Å². The summed E-state index contributed by atoms with van der Waals surface area (Å²) in [5.41, 5.74) is 0. The number of nitrogens with one attached hydrogen (secondary N) is 1. The summed E-state index contributed by atoms with van der Waals surface area (Å²) in [6.07, 6.45) is 2.70. The molecule has 0 aliphatic carbocycles. The van der Waals surface area contributed by atoms with Crippen molar-refractivity contribution in [2.24, 2.45) is 11.8 Å². The lowest BCUT2D eigenvalue weighted by atomic mass is 9.97. The Morgan fingerprint density at radius 2 is 1.89 bits per heavy atom. The standard InChI is InChI=1S/C16H35N3/c1-13(2)10-17-11-14(3)15(4)19(6)16-8-7-9-18(5)12-16/h13-17H,7-12H2,1-6H3. The van der Waals surface area contributed by atoms with Gasteiger partial charge in [-0.2, -0.15) is 0 Å². The second-order valence-electron chi connectivity index (χ2n) is 6.99. The largest absolute Gasteiger partial charge is 0.316 e. The smallest absolute Gasteiger partial charge is 0.0223 e. The summed E-state index contributed by atoms with van der Waals surface area (Å²) in [5, 5.41) is 3.59. The predicted octanol–water partition coefficient (Wildman–Crippen LogP) is 2.28. The van der Waals surface area contributed by atoms with Gasteiger partial charge in [0, 0.05) is 18.6 Å². The third kappa shape index (κ3) is 5.80. The topological polar surface area (TPSA) is 18.5 Å².